The van der Waals surface area contributed by atoms with Crippen LogP contribution in [-0.2, 0) is 4.79 Å². The summed E-state index contributed by atoms with van der Waals surface area (Å²) in [5.41, 5.74) is 1.15. The first kappa shape index (κ1) is 16.3. The van der Waals surface area contributed by atoms with E-state index in [1.54, 1.807) is 31.2 Å². The number of carbonyl (C=O) groups is 2. The number of anilines is 2. The first-order valence-corrected chi connectivity index (χ1v) is 7.27. The molecule has 1 aromatic carbocycles. The lowest BCUT2D eigenvalue weighted by Crippen LogP contribution is -2.14. The third-order valence-electron chi connectivity index (χ3n) is 2.78. The molecule has 1 aromatic heterocycles. The van der Waals surface area contributed by atoms with Crippen LogP contribution in [0, 0.1) is 0 Å². The van der Waals surface area contributed by atoms with Crippen molar-refractivity contribution in [1.82, 2.24) is 4.98 Å². The molecule has 114 valence electrons. The molecule has 0 radical (unpaired) electrons. The maximum absolute atomic E-state index is 12.1. The smallest absolute Gasteiger partial charge is 0.274 e. The number of carbonyl (C=O) groups excluding carboxylic acids is 2. The lowest BCUT2D eigenvalue weighted by Gasteiger charge is -2.10. The second kappa shape index (κ2) is 7.24. The monoisotopic (exact) mass is 337 g/mol. The fourth-order valence-electron chi connectivity index (χ4n) is 1.64. The van der Waals surface area contributed by atoms with Crippen LogP contribution >= 0.6 is 23.2 Å². The number of rotatable bonds is 4. The Labute approximate surface area is 137 Å². The predicted molar refractivity (Wildman–Crippen MR) is 87.6 cm³/mol. The molecule has 0 aliphatic heterocycles. The molecule has 2 N–H and O–H groups in total. The van der Waals surface area contributed by atoms with Gasteiger partial charge in [-0.25, -0.2) is 4.98 Å². The maximum Gasteiger partial charge on any atom is 0.274 e. The summed E-state index contributed by atoms with van der Waals surface area (Å²) in [5, 5.41) is 6.15. The first-order valence-electron chi connectivity index (χ1n) is 6.52. The Morgan fingerprint density at radius 1 is 1.14 bits per heavy atom. The molecule has 0 fully saturated rings. The summed E-state index contributed by atoms with van der Waals surface area (Å²) < 4.78 is 0. The molecule has 0 aliphatic rings. The van der Waals surface area contributed by atoms with Crippen molar-refractivity contribution in [3.05, 3.63) is 52.3 Å². The largest absolute Gasteiger partial charge is 0.326 e. The van der Waals surface area contributed by atoms with Gasteiger partial charge in [0.1, 0.15) is 5.69 Å². The summed E-state index contributed by atoms with van der Waals surface area (Å²) in [7, 11) is 0. The zero-order valence-electron chi connectivity index (χ0n) is 11.7. The average Bonchev–Trinajstić information content (AvgIpc) is 2.51. The summed E-state index contributed by atoms with van der Waals surface area (Å²) in [6.45, 7) is 1.75. The Morgan fingerprint density at radius 2 is 1.91 bits per heavy atom. The molecule has 5 nitrogen and oxygen atoms in total. The van der Waals surface area contributed by atoms with E-state index in [-0.39, 0.29) is 11.6 Å². The number of nitrogens with zero attached hydrogens (tertiary/aromatic N) is 1. The Bertz CT molecular complexity index is 702. The van der Waals surface area contributed by atoms with Crippen molar-refractivity contribution >= 4 is 46.4 Å². The van der Waals surface area contributed by atoms with Crippen molar-refractivity contribution in [2.45, 2.75) is 13.3 Å². The zero-order valence-corrected chi connectivity index (χ0v) is 13.2. The maximum atomic E-state index is 12.1. The molecule has 0 atom stereocenters. The minimum atomic E-state index is -0.419. The second-order valence-electron chi connectivity index (χ2n) is 4.41. The average molecular weight is 338 g/mol. The molecule has 0 unspecified atom stereocenters. The van der Waals surface area contributed by atoms with E-state index < -0.39 is 5.91 Å². The molecular weight excluding hydrogens is 325 g/mol. The van der Waals surface area contributed by atoms with Crippen LogP contribution in [0.4, 0.5) is 11.4 Å². The summed E-state index contributed by atoms with van der Waals surface area (Å²) in [4.78, 5) is 27.4. The molecule has 0 spiro atoms. The standard InChI is InChI=1S/C15H13Cl2N3O2/c1-2-14(21)19-10-4-5-11(17)13(7-10)20-15(22)12-6-3-9(16)8-18-12/h3-8H,2H2,1H3,(H,19,21)(H,20,22). The van der Waals surface area contributed by atoms with Crippen LogP contribution in [0.2, 0.25) is 10.0 Å². The van der Waals surface area contributed by atoms with Crippen LogP contribution in [0.3, 0.4) is 0 Å². The SMILES string of the molecule is CCC(=O)Nc1ccc(Cl)c(NC(=O)c2ccc(Cl)cn2)c1. The van der Waals surface area contributed by atoms with Gasteiger partial charge in [0.15, 0.2) is 0 Å². The summed E-state index contributed by atoms with van der Waals surface area (Å²) in [6, 6.07) is 7.92. The van der Waals surface area contributed by atoms with Crippen LogP contribution < -0.4 is 10.6 Å². The molecule has 0 saturated heterocycles. The van der Waals surface area contributed by atoms with Crippen molar-refractivity contribution in [3.8, 4) is 0 Å². The van der Waals surface area contributed by atoms with Gasteiger partial charge < -0.3 is 10.6 Å². The Kier molecular flexibility index (Phi) is 5.35. The van der Waals surface area contributed by atoms with Crippen molar-refractivity contribution in [2.75, 3.05) is 10.6 Å². The molecule has 2 aromatic rings. The van der Waals surface area contributed by atoms with Gasteiger partial charge in [-0.2, -0.15) is 0 Å². The molecule has 1 heterocycles. The van der Waals surface area contributed by atoms with Crippen molar-refractivity contribution in [2.24, 2.45) is 0 Å². The molecule has 2 rings (SSSR count). The van der Waals surface area contributed by atoms with Crippen molar-refractivity contribution in [3.63, 3.8) is 0 Å². The van der Waals surface area contributed by atoms with Gasteiger partial charge in [0, 0.05) is 18.3 Å². The third kappa shape index (κ3) is 4.19. The van der Waals surface area contributed by atoms with Crippen molar-refractivity contribution < 1.29 is 9.59 Å². The van der Waals surface area contributed by atoms with Gasteiger partial charge in [-0.3, -0.25) is 9.59 Å². The predicted octanol–water partition coefficient (Wildman–Crippen LogP) is 3.99. The minimum Gasteiger partial charge on any atom is -0.326 e. The Balaban J connectivity index is 2.17. The highest BCUT2D eigenvalue weighted by Crippen LogP contribution is 2.26. The molecule has 0 saturated carbocycles. The quantitative estimate of drug-likeness (QED) is 0.885. The van der Waals surface area contributed by atoms with Crippen LogP contribution in [0.25, 0.3) is 0 Å². The topological polar surface area (TPSA) is 71.1 Å². The number of aromatic nitrogens is 1. The van der Waals surface area contributed by atoms with Gasteiger partial charge in [0.2, 0.25) is 5.91 Å². The van der Waals surface area contributed by atoms with Crippen LogP contribution in [0.5, 0.6) is 0 Å². The van der Waals surface area contributed by atoms with Gasteiger partial charge in [0.05, 0.1) is 15.7 Å². The van der Waals surface area contributed by atoms with Gasteiger partial charge in [0.25, 0.3) is 5.91 Å². The number of benzene rings is 1. The Hall–Kier alpha value is -2.11. The van der Waals surface area contributed by atoms with E-state index >= 15 is 0 Å². The number of pyridine rings is 1. The number of hydrogen-bond acceptors (Lipinski definition) is 3. The number of hydrogen-bond donors (Lipinski definition) is 2. The van der Waals surface area contributed by atoms with Crippen LogP contribution in [0.15, 0.2) is 36.5 Å². The van der Waals surface area contributed by atoms with Crippen molar-refractivity contribution in [1.29, 1.82) is 0 Å². The minimum absolute atomic E-state index is 0.126. The molecule has 7 heteroatoms. The summed E-state index contributed by atoms with van der Waals surface area (Å²) in [6.07, 6.45) is 1.75. The lowest BCUT2D eigenvalue weighted by atomic mass is 10.2. The van der Waals surface area contributed by atoms with Gasteiger partial charge in [-0.15, -0.1) is 0 Å². The van der Waals surface area contributed by atoms with E-state index in [1.165, 1.54) is 12.3 Å². The second-order valence-corrected chi connectivity index (χ2v) is 5.26. The fraction of sp³-hybridized carbons (Fsp3) is 0.133. The first-order chi connectivity index (χ1) is 10.5. The molecule has 22 heavy (non-hydrogen) atoms. The van der Waals surface area contributed by atoms with E-state index in [0.717, 1.165) is 0 Å². The highest BCUT2D eigenvalue weighted by Gasteiger charge is 2.11. The number of halogens is 2. The van der Waals surface area contributed by atoms with Gasteiger partial charge >= 0.3 is 0 Å². The van der Waals surface area contributed by atoms with E-state index in [1.807, 2.05) is 0 Å². The Morgan fingerprint density at radius 3 is 2.55 bits per heavy atom. The van der Waals surface area contributed by atoms with Gasteiger partial charge in [-0.1, -0.05) is 30.1 Å². The normalized spacial score (nSPS) is 10.1. The van der Waals surface area contributed by atoms with E-state index in [0.29, 0.717) is 27.8 Å². The van der Waals surface area contributed by atoms with Crippen LogP contribution in [-0.4, -0.2) is 16.8 Å². The highest BCUT2D eigenvalue weighted by molar-refractivity contribution is 6.34. The number of amides is 2. The molecular formula is C15H13Cl2N3O2. The molecule has 0 aliphatic carbocycles. The summed E-state index contributed by atoms with van der Waals surface area (Å²) >= 11 is 11.8. The van der Waals surface area contributed by atoms with Crippen LogP contribution in [0.1, 0.15) is 23.8 Å². The number of nitrogens with one attached hydrogen (secondary N) is 2. The van der Waals surface area contributed by atoms with E-state index in [9.17, 15) is 9.59 Å². The lowest BCUT2D eigenvalue weighted by molar-refractivity contribution is -0.115. The highest BCUT2D eigenvalue weighted by atomic mass is 35.5. The third-order valence-corrected chi connectivity index (χ3v) is 3.33. The van der Waals surface area contributed by atoms with E-state index in [2.05, 4.69) is 15.6 Å². The fourth-order valence-corrected chi connectivity index (χ4v) is 1.92. The molecule has 0 bridgehead atoms. The molecule has 2 amide bonds. The van der Waals surface area contributed by atoms with E-state index in [4.69, 9.17) is 23.2 Å². The van der Waals surface area contributed by atoms with Gasteiger partial charge in [-0.05, 0) is 30.3 Å². The zero-order chi connectivity index (χ0) is 16.1. The summed E-state index contributed by atoms with van der Waals surface area (Å²) in [5.74, 6) is -0.545.